The highest BCUT2D eigenvalue weighted by Crippen LogP contribution is 2.19. The molecule has 0 saturated carbocycles. The van der Waals surface area contributed by atoms with Crippen molar-refractivity contribution in [1.82, 2.24) is 15.2 Å². The molecule has 1 unspecified atom stereocenters. The van der Waals surface area contributed by atoms with Gasteiger partial charge < -0.3 is 19.5 Å². The molecule has 1 aromatic carbocycles. The maximum absolute atomic E-state index is 12.3. The van der Waals surface area contributed by atoms with E-state index < -0.39 is 0 Å². The van der Waals surface area contributed by atoms with Gasteiger partial charge in [0, 0.05) is 29.4 Å². The predicted octanol–water partition coefficient (Wildman–Crippen LogP) is 2.48. The summed E-state index contributed by atoms with van der Waals surface area (Å²) in [5, 5.41) is 3.80. The van der Waals surface area contributed by atoms with E-state index in [0.29, 0.717) is 18.5 Å². The molecule has 1 atom stereocenters. The van der Waals surface area contributed by atoms with Crippen molar-refractivity contribution in [2.45, 2.75) is 18.9 Å². The van der Waals surface area contributed by atoms with Crippen molar-refractivity contribution < 1.29 is 13.9 Å². The average molecular weight is 383 g/mol. The minimum Gasteiger partial charge on any atom is -0.497 e. The first kappa shape index (κ1) is 19.7. The van der Waals surface area contributed by atoms with Crippen LogP contribution in [-0.2, 0) is 11.2 Å². The Kier molecular flexibility index (Phi) is 6.16. The van der Waals surface area contributed by atoms with Crippen LogP contribution >= 0.6 is 0 Å². The van der Waals surface area contributed by atoms with Crippen LogP contribution in [0.1, 0.15) is 23.8 Å². The van der Waals surface area contributed by atoms with Gasteiger partial charge >= 0.3 is 0 Å². The number of fused-ring (bicyclic) bond motifs is 1. The van der Waals surface area contributed by atoms with E-state index in [4.69, 9.17) is 9.15 Å². The number of aryl methyl sites for hydroxylation is 1. The van der Waals surface area contributed by atoms with Gasteiger partial charge in [0.05, 0.1) is 19.4 Å². The molecular weight excluding hydrogens is 358 g/mol. The number of likely N-dealkylation sites (N-methyl/N-ethyl adjacent to an activating group) is 1. The smallest absolute Gasteiger partial charge is 0.251 e. The zero-order valence-corrected chi connectivity index (χ0v) is 16.3. The van der Waals surface area contributed by atoms with Gasteiger partial charge in [-0.15, -0.1) is 0 Å². The lowest BCUT2D eigenvalue weighted by atomic mass is 10.1. The van der Waals surface area contributed by atoms with Crippen LogP contribution in [0.5, 0.6) is 5.75 Å². The summed E-state index contributed by atoms with van der Waals surface area (Å²) in [7, 11) is 5.46. The molecule has 7 nitrogen and oxygen atoms in total. The summed E-state index contributed by atoms with van der Waals surface area (Å²) in [4.78, 5) is 29.4. The topological polar surface area (TPSA) is 87.6 Å². The number of aromatic nitrogens is 1. The molecule has 2 aromatic heterocycles. The molecule has 0 aliphatic heterocycles. The highest BCUT2D eigenvalue weighted by atomic mass is 16.5. The fraction of sp³-hybridized carbons (Fsp3) is 0.333. The van der Waals surface area contributed by atoms with Crippen LogP contribution in [0, 0.1) is 0 Å². The normalized spacial score (nSPS) is 12.3. The third-order valence-electron chi connectivity index (χ3n) is 4.74. The molecule has 0 fully saturated rings. The maximum Gasteiger partial charge on any atom is 0.251 e. The summed E-state index contributed by atoms with van der Waals surface area (Å²) in [5.74, 6) is 1.41. The lowest BCUT2D eigenvalue weighted by Gasteiger charge is -2.22. The van der Waals surface area contributed by atoms with Crippen molar-refractivity contribution in [1.29, 1.82) is 0 Å². The van der Waals surface area contributed by atoms with Crippen molar-refractivity contribution in [2.75, 3.05) is 27.7 Å². The first-order chi connectivity index (χ1) is 13.5. The number of nitrogens with one attached hydrogen (secondary N) is 2. The first-order valence-corrected chi connectivity index (χ1v) is 9.14. The van der Waals surface area contributed by atoms with Crippen molar-refractivity contribution in [2.24, 2.45) is 0 Å². The lowest BCUT2D eigenvalue weighted by molar-refractivity contribution is -0.121. The van der Waals surface area contributed by atoms with Crippen LogP contribution in [0.15, 0.2) is 51.9 Å². The highest BCUT2D eigenvalue weighted by Gasteiger charge is 2.18. The van der Waals surface area contributed by atoms with Crippen LogP contribution in [0.4, 0.5) is 0 Å². The van der Waals surface area contributed by atoms with Gasteiger partial charge in [0.15, 0.2) is 0 Å². The lowest BCUT2D eigenvalue weighted by Crippen LogP contribution is -2.34. The Balaban J connectivity index is 1.62. The number of rotatable bonds is 8. The predicted molar refractivity (Wildman–Crippen MR) is 108 cm³/mol. The fourth-order valence-corrected chi connectivity index (χ4v) is 3.11. The number of nitrogens with zero attached hydrogens (tertiary/aromatic N) is 1. The van der Waals surface area contributed by atoms with Gasteiger partial charge in [-0.25, -0.2) is 0 Å². The number of H-pyrrole nitrogens is 1. The number of hydrogen-bond acceptors (Lipinski definition) is 5. The van der Waals surface area contributed by atoms with E-state index in [-0.39, 0.29) is 23.9 Å². The zero-order chi connectivity index (χ0) is 20.1. The van der Waals surface area contributed by atoms with Crippen LogP contribution in [0.3, 0.4) is 0 Å². The van der Waals surface area contributed by atoms with Crippen LogP contribution in [0.2, 0.25) is 0 Å². The summed E-state index contributed by atoms with van der Waals surface area (Å²) in [6.07, 6.45) is 2.22. The van der Waals surface area contributed by atoms with Crippen LogP contribution < -0.4 is 15.6 Å². The quantitative estimate of drug-likeness (QED) is 0.624. The van der Waals surface area contributed by atoms with Gasteiger partial charge in [0.1, 0.15) is 11.5 Å². The van der Waals surface area contributed by atoms with Crippen molar-refractivity contribution in [3.05, 3.63) is 64.3 Å². The number of aromatic amines is 1. The van der Waals surface area contributed by atoms with E-state index in [9.17, 15) is 9.59 Å². The van der Waals surface area contributed by atoms with Gasteiger partial charge in [-0.05, 0) is 56.9 Å². The second-order valence-corrected chi connectivity index (χ2v) is 6.88. The summed E-state index contributed by atoms with van der Waals surface area (Å²) < 4.78 is 10.7. The summed E-state index contributed by atoms with van der Waals surface area (Å²) >= 11 is 0. The number of hydrogen-bond donors (Lipinski definition) is 2. The minimum atomic E-state index is -0.174. The monoisotopic (exact) mass is 383 g/mol. The number of methoxy groups -OCH3 is 1. The molecule has 0 saturated heterocycles. The number of pyridine rings is 1. The highest BCUT2D eigenvalue weighted by molar-refractivity contribution is 5.81. The van der Waals surface area contributed by atoms with E-state index in [2.05, 4.69) is 10.3 Å². The fourth-order valence-electron chi connectivity index (χ4n) is 3.11. The van der Waals surface area contributed by atoms with Crippen LogP contribution in [0.25, 0.3) is 10.9 Å². The van der Waals surface area contributed by atoms with E-state index >= 15 is 0 Å². The Morgan fingerprint density at radius 2 is 2.11 bits per heavy atom. The van der Waals surface area contributed by atoms with Crippen molar-refractivity contribution in [3.63, 3.8) is 0 Å². The second kappa shape index (κ2) is 8.75. The van der Waals surface area contributed by atoms with E-state index in [1.54, 1.807) is 19.4 Å². The Morgan fingerprint density at radius 3 is 2.79 bits per heavy atom. The number of amides is 1. The van der Waals surface area contributed by atoms with Crippen molar-refractivity contribution in [3.8, 4) is 5.75 Å². The molecule has 0 spiro atoms. The molecule has 2 N–H and O–H groups in total. The molecule has 3 aromatic rings. The second-order valence-electron chi connectivity index (χ2n) is 6.88. The molecule has 0 radical (unpaired) electrons. The Bertz CT molecular complexity index is 993. The third-order valence-corrected chi connectivity index (χ3v) is 4.74. The summed E-state index contributed by atoms with van der Waals surface area (Å²) in [6, 6.07) is 11.0. The molecular formula is C21H25N3O4. The molecule has 148 valence electrons. The zero-order valence-electron chi connectivity index (χ0n) is 16.3. The molecule has 0 bridgehead atoms. The molecule has 1 amide bonds. The van der Waals surface area contributed by atoms with Gasteiger partial charge in [-0.1, -0.05) is 0 Å². The Hall–Kier alpha value is -3.06. The molecule has 7 heteroatoms. The Labute approximate surface area is 163 Å². The van der Waals surface area contributed by atoms with Gasteiger partial charge in [0.2, 0.25) is 5.91 Å². The summed E-state index contributed by atoms with van der Waals surface area (Å²) in [5.41, 5.74) is 1.14. The molecule has 28 heavy (non-hydrogen) atoms. The number of benzene rings is 1. The molecule has 0 aliphatic rings. The molecule has 3 rings (SSSR count). The third kappa shape index (κ3) is 4.61. The van der Waals surface area contributed by atoms with E-state index in [1.165, 1.54) is 0 Å². The standard InChI is InChI=1S/C21H25N3O4/c1-24(2)18(19-5-4-10-28-19)13-22-20(25)9-6-14-11-15-12-16(27-3)7-8-17(15)23-21(14)26/h4-5,7-8,10-12,18H,6,9,13H2,1-3H3,(H,22,25)(H,23,26). The summed E-state index contributed by atoms with van der Waals surface area (Å²) in [6.45, 7) is 0.435. The minimum absolute atomic E-state index is 0.0458. The Morgan fingerprint density at radius 1 is 1.29 bits per heavy atom. The van der Waals surface area contributed by atoms with E-state index in [1.807, 2.05) is 49.3 Å². The number of carbonyl (C=O) groups excluding carboxylic acids is 1. The number of furan rings is 1. The number of carbonyl (C=O) groups is 1. The SMILES string of the molecule is COc1ccc2[nH]c(=O)c(CCC(=O)NCC(c3ccco3)N(C)C)cc2c1. The van der Waals surface area contributed by atoms with Gasteiger partial charge in [-0.3, -0.25) is 14.5 Å². The maximum atomic E-state index is 12.3. The van der Waals surface area contributed by atoms with Gasteiger partial charge in [0.25, 0.3) is 5.56 Å². The van der Waals surface area contributed by atoms with E-state index in [0.717, 1.165) is 22.4 Å². The largest absolute Gasteiger partial charge is 0.497 e. The number of ether oxygens (including phenoxy) is 1. The molecule has 0 aliphatic carbocycles. The van der Waals surface area contributed by atoms with Crippen LogP contribution in [-0.4, -0.2) is 43.5 Å². The van der Waals surface area contributed by atoms with Crippen molar-refractivity contribution >= 4 is 16.8 Å². The molecule has 2 heterocycles. The first-order valence-electron chi connectivity index (χ1n) is 9.14. The average Bonchev–Trinajstić information content (AvgIpc) is 3.20. The van der Waals surface area contributed by atoms with Gasteiger partial charge in [-0.2, -0.15) is 0 Å².